The summed E-state index contributed by atoms with van der Waals surface area (Å²) in [6, 6.07) is 6.28. The van der Waals surface area contributed by atoms with Crippen LogP contribution in [-0.4, -0.2) is 29.8 Å². The Morgan fingerprint density at radius 2 is 2.26 bits per heavy atom. The van der Waals surface area contributed by atoms with Gasteiger partial charge in [-0.15, -0.1) is 0 Å². The number of halogens is 1. The second-order valence-electron chi connectivity index (χ2n) is 5.58. The van der Waals surface area contributed by atoms with Crippen molar-refractivity contribution in [2.24, 2.45) is 5.92 Å². The number of anilines is 1. The van der Waals surface area contributed by atoms with Gasteiger partial charge >= 0.3 is 0 Å². The molecule has 0 aromatic heterocycles. The van der Waals surface area contributed by atoms with Crippen LogP contribution in [0.5, 0.6) is 0 Å². The topological polar surface area (TPSA) is 32.3 Å². The van der Waals surface area contributed by atoms with Gasteiger partial charge < -0.3 is 5.32 Å². The Labute approximate surface area is 118 Å². The molecule has 1 saturated carbocycles. The highest BCUT2D eigenvalue weighted by Crippen LogP contribution is 2.33. The highest BCUT2D eigenvalue weighted by atomic mass is 35.5. The average molecular weight is 279 g/mol. The average Bonchev–Trinajstić information content (AvgIpc) is 3.20. The van der Waals surface area contributed by atoms with E-state index in [-0.39, 0.29) is 11.8 Å². The summed E-state index contributed by atoms with van der Waals surface area (Å²) < 4.78 is 0. The molecule has 2 aliphatic rings. The number of nitrogens with one attached hydrogen (secondary N) is 1. The van der Waals surface area contributed by atoms with Crippen molar-refractivity contribution in [1.29, 1.82) is 0 Å². The summed E-state index contributed by atoms with van der Waals surface area (Å²) in [6.45, 7) is 3.57. The minimum atomic E-state index is -0.344. The first-order chi connectivity index (χ1) is 9.22. The monoisotopic (exact) mass is 278 g/mol. The first-order valence-corrected chi connectivity index (χ1v) is 7.35. The van der Waals surface area contributed by atoms with E-state index in [4.69, 9.17) is 11.6 Å². The van der Waals surface area contributed by atoms with Gasteiger partial charge in [0.15, 0.2) is 0 Å². The standard InChI is InChI=1S/C15H19ClN2O/c16-15(19)8-17-14-3-1-2-12-6-7-18(10-13(12)14)9-11-4-5-11/h1-3,11,17H,4-10H2. The van der Waals surface area contributed by atoms with Gasteiger partial charge in [0.05, 0.1) is 6.54 Å². The molecule has 19 heavy (non-hydrogen) atoms. The fourth-order valence-electron chi connectivity index (χ4n) is 2.79. The van der Waals surface area contributed by atoms with E-state index in [1.54, 1.807) is 0 Å². The van der Waals surface area contributed by atoms with Crippen molar-refractivity contribution in [3.8, 4) is 0 Å². The van der Waals surface area contributed by atoms with E-state index in [9.17, 15) is 4.79 Å². The van der Waals surface area contributed by atoms with Gasteiger partial charge in [0.1, 0.15) is 0 Å². The second kappa shape index (κ2) is 5.51. The number of benzene rings is 1. The van der Waals surface area contributed by atoms with Gasteiger partial charge in [0, 0.05) is 25.3 Å². The lowest BCUT2D eigenvalue weighted by Crippen LogP contribution is -2.32. The first kappa shape index (κ1) is 12.9. The van der Waals surface area contributed by atoms with Crippen molar-refractivity contribution >= 4 is 22.5 Å². The molecule has 3 nitrogen and oxygen atoms in total. The van der Waals surface area contributed by atoms with Gasteiger partial charge in [-0.3, -0.25) is 9.69 Å². The van der Waals surface area contributed by atoms with Crippen molar-refractivity contribution in [3.63, 3.8) is 0 Å². The Morgan fingerprint density at radius 3 is 3.00 bits per heavy atom. The summed E-state index contributed by atoms with van der Waals surface area (Å²) in [6.07, 6.45) is 3.89. The Bertz CT molecular complexity index is 485. The van der Waals surface area contributed by atoms with Crippen LogP contribution in [0.15, 0.2) is 18.2 Å². The van der Waals surface area contributed by atoms with E-state index < -0.39 is 0 Å². The second-order valence-corrected chi connectivity index (χ2v) is 6.00. The normalized spacial score (nSPS) is 19.0. The fourth-order valence-corrected chi connectivity index (χ4v) is 2.86. The molecule has 0 spiro atoms. The van der Waals surface area contributed by atoms with Crippen LogP contribution in [0, 0.1) is 5.92 Å². The van der Waals surface area contributed by atoms with Crippen LogP contribution in [-0.2, 0) is 17.8 Å². The van der Waals surface area contributed by atoms with E-state index in [1.807, 2.05) is 6.07 Å². The van der Waals surface area contributed by atoms with Gasteiger partial charge in [0.25, 0.3) is 0 Å². The van der Waals surface area contributed by atoms with Gasteiger partial charge in [-0.25, -0.2) is 0 Å². The molecule has 3 rings (SSSR count). The Morgan fingerprint density at radius 1 is 1.42 bits per heavy atom. The molecule has 1 aliphatic carbocycles. The number of nitrogens with zero attached hydrogens (tertiary/aromatic N) is 1. The van der Waals surface area contributed by atoms with E-state index >= 15 is 0 Å². The van der Waals surface area contributed by atoms with Crippen molar-refractivity contribution in [3.05, 3.63) is 29.3 Å². The van der Waals surface area contributed by atoms with E-state index in [2.05, 4.69) is 22.3 Å². The smallest absolute Gasteiger partial charge is 0.240 e. The van der Waals surface area contributed by atoms with Crippen LogP contribution < -0.4 is 5.32 Å². The molecule has 4 heteroatoms. The van der Waals surface area contributed by atoms with Gasteiger partial charge in [0.2, 0.25) is 5.24 Å². The van der Waals surface area contributed by atoms with Crippen LogP contribution in [0.1, 0.15) is 24.0 Å². The summed E-state index contributed by atoms with van der Waals surface area (Å²) >= 11 is 5.40. The van der Waals surface area contributed by atoms with Crippen LogP contribution >= 0.6 is 11.6 Å². The van der Waals surface area contributed by atoms with Gasteiger partial charge in [-0.2, -0.15) is 0 Å². The summed E-state index contributed by atoms with van der Waals surface area (Å²) in [5.74, 6) is 0.922. The van der Waals surface area contributed by atoms with E-state index in [0.717, 1.165) is 31.1 Å². The van der Waals surface area contributed by atoms with Gasteiger partial charge in [-0.1, -0.05) is 12.1 Å². The van der Waals surface area contributed by atoms with Crippen LogP contribution in [0.4, 0.5) is 5.69 Å². The molecular formula is C15H19ClN2O. The number of carbonyl (C=O) groups is 1. The number of rotatable bonds is 5. The molecule has 1 N–H and O–H groups in total. The molecule has 1 fully saturated rings. The quantitative estimate of drug-likeness (QED) is 0.841. The van der Waals surface area contributed by atoms with Crippen LogP contribution in [0.2, 0.25) is 0 Å². The maximum atomic E-state index is 10.9. The lowest BCUT2D eigenvalue weighted by Gasteiger charge is -2.30. The summed E-state index contributed by atoms with van der Waals surface area (Å²) in [5.41, 5.74) is 3.80. The molecule has 0 radical (unpaired) electrons. The van der Waals surface area contributed by atoms with Gasteiger partial charge in [-0.05, 0) is 54.0 Å². The molecule has 0 unspecified atom stereocenters. The fraction of sp³-hybridized carbons (Fsp3) is 0.533. The summed E-state index contributed by atoms with van der Waals surface area (Å²) in [4.78, 5) is 13.4. The largest absolute Gasteiger partial charge is 0.376 e. The molecule has 0 bridgehead atoms. The first-order valence-electron chi connectivity index (χ1n) is 6.97. The maximum absolute atomic E-state index is 10.9. The molecule has 1 heterocycles. The molecule has 1 aromatic carbocycles. The zero-order chi connectivity index (χ0) is 13.2. The van der Waals surface area contributed by atoms with E-state index in [0.29, 0.717) is 0 Å². The molecule has 102 valence electrons. The van der Waals surface area contributed by atoms with Crippen molar-refractivity contribution in [1.82, 2.24) is 4.90 Å². The molecular weight excluding hydrogens is 260 g/mol. The summed E-state index contributed by atoms with van der Waals surface area (Å²) in [5, 5.41) is 2.81. The molecule has 1 aromatic rings. The van der Waals surface area contributed by atoms with E-state index in [1.165, 1.54) is 30.5 Å². The molecule has 0 amide bonds. The number of carbonyl (C=O) groups excluding carboxylic acids is 1. The maximum Gasteiger partial charge on any atom is 0.240 e. The number of hydrogen-bond acceptors (Lipinski definition) is 3. The third kappa shape index (κ3) is 3.28. The Hall–Kier alpha value is -1.06. The number of fused-ring (bicyclic) bond motifs is 1. The highest BCUT2D eigenvalue weighted by molar-refractivity contribution is 6.64. The molecule has 0 atom stereocenters. The summed E-state index contributed by atoms with van der Waals surface area (Å²) in [7, 11) is 0. The zero-order valence-corrected chi connectivity index (χ0v) is 11.7. The highest BCUT2D eigenvalue weighted by Gasteiger charge is 2.27. The van der Waals surface area contributed by atoms with Crippen molar-refractivity contribution in [2.45, 2.75) is 25.8 Å². The third-order valence-electron chi connectivity index (χ3n) is 3.98. The van der Waals surface area contributed by atoms with Crippen LogP contribution in [0.3, 0.4) is 0 Å². The predicted molar refractivity (Wildman–Crippen MR) is 77.5 cm³/mol. The van der Waals surface area contributed by atoms with Crippen molar-refractivity contribution in [2.75, 3.05) is 25.0 Å². The van der Waals surface area contributed by atoms with Crippen molar-refractivity contribution < 1.29 is 4.79 Å². The molecule has 1 aliphatic heterocycles. The minimum absolute atomic E-state index is 0.195. The lowest BCUT2D eigenvalue weighted by molar-refractivity contribution is -0.110. The van der Waals surface area contributed by atoms with Crippen LogP contribution in [0.25, 0.3) is 0 Å². The lowest BCUT2D eigenvalue weighted by atomic mass is 9.97. The minimum Gasteiger partial charge on any atom is -0.376 e. The predicted octanol–water partition coefficient (Wildman–Crippen LogP) is 2.63. The third-order valence-corrected chi connectivity index (χ3v) is 4.12. The Kier molecular flexibility index (Phi) is 3.76. The number of hydrogen-bond donors (Lipinski definition) is 1. The molecule has 0 saturated heterocycles. The SMILES string of the molecule is O=C(Cl)CNc1cccc2c1CN(CC1CC1)CC2. The Balaban J connectivity index is 1.73. The zero-order valence-electron chi connectivity index (χ0n) is 11.0.